The summed E-state index contributed by atoms with van der Waals surface area (Å²) in [5.74, 6) is -0.487. The molecule has 8 heteroatoms. The highest BCUT2D eigenvalue weighted by molar-refractivity contribution is 7.89. The molecular formula is C27H31N3O4S. The van der Waals surface area contributed by atoms with E-state index in [1.807, 2.05) is 50.2 Å². The van der Waals surface area contributed by atoms with Gasteiger partial charge in [-0.2, -0.15) is 4.31 Å². The molecule has 0 aromatic heterocycles. The van der Waals surface area contributed by atoms with Crippen LogP contribution in [0.3, 0.4) is 0 Å². The van der Waals surface area contributed by atoms with E-state index in [-0.39, 0.29) is 35.7 Å². The number of nitrogens with one attached hydrogen (secondary N) is 2. The third-order valence-electron chi connectivity index (χ3n) is 5.75. The van der Waals surface area contributed by atoms with Gasteiger partial charge in [0, 0.05) is 25.2 Å². The van der Waals surface area contributed by atoms with E-state index in [4.69, 9.17) is 0 Å². The topological polar surface area (TPSA) is 95.6 Å². The van der Waals surface area contributed by atoms with Crippen molar-refractivity contribution >= 4 is 21.8 Å². The fourth-order valence-corrected chi connectivity index (χ4v) is 4.82. The third kappa shape index (κ3) is 7.00. The molecule has 2 amide bonds. The van der Waals surface area contributed by atoms with Gasteiger partial charge in [0.05, 0.1) is 17.4 Å². The minimum atomic E-state index is -3.56. The zero-order valence-corrected chi connectivity index (χ0v) is 21.0. The number of hydrogen-bond acceptors (Lipinski definition) is 4. The van der Waals surface area contributed by atoms with Crippen molar-refractivity contribution in [2.45, 2.75) is 43.8 Å². The number of hydrogen-bond donors (Lipinski definition) is 2. The minimum Gasteiger partial charge on any atom is -0.352 e. The number of amides is 2. The molecule has 2 N–H and O–H groups in total. The second-order valence-corrected chi connectivity index (χ2v) is 10.5. The second-order valence-electron chi connectivity index (χ2n) is 8.54. The van der Waals surface area contributed by atoms with Crippen LogP contribution in [0.4, 0.5) is 0 Å². The van der Waals surface area contributed by atoms with Crippen LogP contribution in [0.25, 0.3) is 0 Å². The molecule has 1 atom stereocenters. The van der Waals surface area contributed by atoms with E-state index < -0.39 is 16.1 Å². The lowest BCUT2D eigenvalue weighted by Gasteiger charge is -2.21. The quantitative estimate of drug-likeness (QED) is 0.448. The Hall–Kier alpha value is -3.49. The highest BCUT2D eigenvalue weighted by Gasteiger charge is 2.23. The Balaban J connectivity index is 1.64. The Morgan fingerprint density at radius 1 is 0.857 bits per heavy atom. The molecule has 7 nitrogen and oxygen atoms in total. The van der Waals surface area contributed by atoms with Crippen LogP contribution in [0.1, 0.15) is 47.8 Å². The number of rotatable bonds is 10. The SMILES string of the molecule is CC(C)N(C)S(=O)(=O)c1ccc(CNC(=O)CC(NC(=O)c2ccccc2)c2ccccc2)cc1. The van der Waals surface area contributed by atoms with Crippen LogP contribution >= 0.6 is 0 Å². The maximum atomic E-state index is 12.7. The summed E-state index contributed by atoms with van der Waals surface area (Å²) in [6.07, 6.45) is 0.0637. The Bertz CT molecular complexity index is 1230. The van der Waals surface area contributed by atoms with E-state index in [0.717, 1.165) is 11.1 Å². The number of carbonyl (C=O) groups excluding carboxylic acids is 2. The minimum absolute atomic E-state index is 0.0637. The lowest BCUT2D eigenvalue weighted by molar-refractivity contribution is -0.121. The van der Waals surface area contributed by atoms with Crippen molar-refractivity contribution in [3.8, 4) is 0 Å². The average molecular weight is 494 g/mol. The van der Waals surface area contributed by atoms with Crippen molar-refractivity contribution in [3.05, 3.63) is 102 Å². The lowest BCUT2D eigenvalue weighted by Crippen LogP contribution is -2.33. The van der Waals surface area contributed by atoms with Crippen molar-refractivity contribution in [1.29, 1.82) is 0 Å². The van der Waals surface area contributed by atoms with Gasteiger partial charge in [0.25, 0.3) is 5.91 Å². The summed E-state index contributed by atoms with van der Waals surface area (Å²) < 4.78 is 26.6. The predicted octanol–water partition coefficient (Wildman–Crippen LogP) is 3.89. The van der Waals surface area contributed by atoms with E-state index in [0.29, 0.717) is 5.56 Å². The van der Waals surface area contributed by atoms with Crippen LogP contribution in [0.5, 0.6) is 0 Å². The van der Waals surface area contributed by atoms with Gasteiger partial charge in [-0.05, 0) is 49.2 Å². The number of carbonyl (C=O) groups is 2. The molecule has 0 saturated carbocycles. The van der Waals surface area contributed by atoms with Gasteiger partial charge in [0.1, 0.15) is 0 Å². The second kappa shape index (κ2) is 11.8. The first-order chi connectivity index (χ1) is 16.7. The first-order valence-corrected chi connectivity index (χ1v) is 12.9. The van der Waals surface area contributed by atoms with E-state index in [1.165, 1.54) is 4.31 Å². The highest BCUT2D eigenvalue weighted by atomic mass is 32.2. The molecule has 35 heavy (non-hydrogen) atoms. The summed E-state index contributed by atoms with van der Waals surface area (Å²) in [6, 6.07) is 24.0. The third-order valence-corrected chi connectivity index (χ3v) is 7.80. The van der Waals surface area contributed by atoms with Crippen LogP contribution in [0.2, 0.25) is 0 Å². The number of benzene rings is 3. The van der Waals surface area contributed by atoms with E-state index in [1.54, 1.807) is 55.6 Å². The zero-order chi connectivity index (χ0) is 25.4. The summed E-state index contributed by atoms with van der Waals surface area (Å²) in [5, 5.41) is 5.81. The van der Waals surface area contributed by atoms with Crippen LogP contribution in [0, 0.1) is 0 Å². The molecule has 0 bridgehead atoms. The van der Waals surface area contributed by atoms with Crippen LogP contribution in [-0.4, -0.2) is 37.6 Å². The Kier molecular flexibility index (Phi) is 8.78. The standard InChI is InChI=1S/C27H31N3O4S/c1-20(2)30(3)35(33,34)24-16-14-21(15-17-24)19-28-26(31)18-25(22-10-6-4-7-11-22)29-27(32)23-12-8-5-9-13-23/h4-17,20,25H,18-19H2,1-3H3,(H,28,31)(H,29,32). The summed E-state index contributed by atoms with van der Waals surface area (Å²) >= 11 is 0. The number of nitrogens with zero attached hydrogens (tertiary/aromatic N) is 1. The molecule has 0 spiro atoms. The molecular weight excluding hydrogens is 462 g/mol. The molecule has 3 aromatic carbocycles. The highest BCUT2D eigenvalue weighted by Crippen LogP contribution is 2.19. The summed E-state index contributed by atoms with van der Waals surface area (Å²) in [6.45, 7) is 3.87. The van der Waals surface area contributed by atoms with Crippen molar-refractivity contribution in [2.24, 2.45) is 0 Å². The maximum Gasteiger partial charge on any atom is 0.251 e. The van der Waals surface area contributed by atoms with Gasteiger partial charge in [-0.15, -0.1) is 0 Å². The van der Waals surface area contributed by atoms with Gasteiger partial charge >= 0.3 is 0 Å². The average Bonchev–Trinajstić information content (AvgIpc) is 2.87. The van der Waals surface area contributed by atoms with Gasteiger partial charge in [0.15, 0.2) is 0 Å². The molecule has 3 rings (SSSR count). The Labute approximate surface area is 207 Å². The summed E-state index contributed by atoms with van der Waals surface area (Å²) in [4.78, 5) is 25.6. The van der Waals surface area contributed by atoms with Crippen molar-refractivity contribution in [2.75, 3.05) is 7.05 Å². The molecule has 0 aliphatic rings. The smallest absolute Gasteiger partial charge is 0.251 e. The van der Waals surface area contributed by atoms with Crippen LogP contribution in [0.15, 0.2) is 89.8 Å². The lowest BCUT2D eigenvalue weighted by atomic mass is 10.0. The molecule has 0 saturated heterocycles. The van der Waals surface area contributed by atoms with Gasteiger partial charge in [0.2, 0.25) is 15.9 Å². The molecule has 1 unspecified atom stereocenters. The van der Waals surface area contributed by atoms with Gasteiger partial charge in [-0.3, -0.25) is 9.59 Å². The van der Waals surface area contributed by atoms with Gasteiger partial charge < -0.3 is 10.6 Å². The maximum absolute atomic E-state index is 12.7. The fraction of sp³-hybridized carbons (Fsp3) is 0.259. The van der Waals surface area contributed by atoms with Crippen molar-refractivity contribution in [3.63, 3.8) is 0 Å². The Morgan fingerprint density at radius 3 is 2.00 bits per heavy atom. The predicted molar refractivity (Wildman–Crippen MR) is 136 cm³/mol. The number of sulfonamides is 1. The largest absolute Gasteiger partial charge is 0.352 e. The normalized spacial score (nSPS) is 12.4. The summed E-state index contributed by atoms with van der Waals surface area (Å²) in [5.41, 5.74) is 2.12. The molecule has 0 radical (unpaired) electrons. The van der Waals surface area contributed by atoms with Gasteiger partial charge in [-0.1, -0.05) is 60.7 Å². The first-order valence-electron chi connectivity index (χ1n) is 11.4. The summed E-state index contributed by atoms with van der Waals surface area (Å²) in [7, 11) is -2.01. The zero-order valence-electron chi connectivity index (χ0n) is 20.1. The molecule has 184 valence electrons. The molecule has 0 aliphatic carbocycles. The monoisotopic (exact) mass is 493 g/mol. The molecule has 0 fully saturated rings. The van der Waals surface area contributed by atoms with Crippen LogP contribution < -0.4 is 10.6 Å². The Morgan fingerprint density at radius 2 is 1.43 bits per heavy atom. The first kappa shape index (κ1) is 26.1. The molecule has 0 aliphatic heterocycles. The fourth-order valence-electron chi connectivity index (χ4n) is 3.45. The van der Waals surface area contributed by atoms with Gasteiger partial charge in [-0.25, -0.2) is 8.42 Å². The van der Waals surface area contributed by atoms with Crippen molar-refractivity contribution < 1.29 is 18.0 Å². The molecule has 0 heterocycles. The molecule has 3 aromatic rings. The van der Waals surface area contributed by atoms with Crippen molar-refractivity contribution in [1.82, 2.24) is 14.9 Å². The van der Waals surface area contributed by atoms with E-state index in [9.17, 15) is 18.0 Å². The van der Waals surface area contributed by atoms with Crippen LogP contribution in [-0.2, 0) is 21.4 Å². The van der Waals surface area contributed by atoms with E-state index in [2.05, 4.69) is 10.6 Å². The van der Waals surface area contributed by atoms with E-state index >= 15 is 0 Å².